The summed E-state index contributed by atoms with van der Waals surface area (Å²) in [4.78, 5) is 14.1. The molecular weight excluding hydrogens is 200 g/mol. The highest BCUT2D eigenvalue weighted by Gasteiger charge is 2.35. The van der Waals surface area contributed by atoms with E-state index in [1.807, 2.05) is 4.90 Å². The topological polar surface area (TPSA) is 32.3 Å². The van der Waals surface area contributed by atoms with Crippen LogP contribution in [0.2, 0.25) is 0 Å². The van der Waals surface area contributed by atoms with Gasteiger partial charge in [-0.1, -0.05) is 33.6 Å². The predicted octanol–water partition coefficient (Wildman–Crippen LogP) is 1.84. The molecule has 1 saturated carbocycles. The van der Waals surface area contributed by atoms with Gasteiger partial charge in [0.15, 0.2) is 0 Å². The zero-order valence-corrected chi connectivity index (χ0v) is 10.7. The van der Waals surface area contributed by atoms with Crippen molar-refractivity contribution in [1.82, 2.24) is 10.2 Å². The summed E-state index contributed by atoms with van der Waals surface area (Å²) in [6.07, 6.45) is 3.99. The lowest BCUT2D eigenvalue weighted by Crippen LogP contribution is -2.36. The van der Waals surface area contributed by atoms with Crippen molar-refractivity contribution < 1.29 is 4.79 Å². The lowest BCUT2D eigenvalue weighted by molar-refractivity contribution is -0.130. The third-order valence-corrected chi connectivity index (χ3v) is 4.24. The second kappa shape index (κ2) is 4.74. The van der Waals surface area contributed by atoms with Crippen molar-refractivity contribution in [3.8, 4) is 0 Å². The van der Waals surface area contributed by atoms with Gasteiger partial charge in [-0.15, -0.1) is 0 Å². The van der Waals surface area contributed by atoms with E-state index < -0.39 is 0 Å². The molecule has 1 N–H and O–H groups in total. The van der Waals surface area contributed by atoms with Crippen LogP contribution in [0.25, 0.3) is 0 Å². The minimum absolute atomic E-state index is 0.0525. The van der Waals surface area contributed by atoms with Crippen molar-refractivity contribution in [2.45, 2.75) is 46.1 Å². The van der Waals surface area contributed by atoms with Gasteiger partial charge in [0.2, 0.25) is 5.91 Å². The summed E-state index contributed by atoms with van der Waals surface area (Å²) < 4.78 is 0. The Morgan fingerprint density at radius 1 is 1.44 bits per heavy atom. The highest BCUT2D eigenvalue weighted by molar-refractivity contribution is 5.84. The van der Waals surface area contributed by atoms with Crippen LogP contribution in [-0.2, 0) is 4.79 Å². The Balaban J connectivity index is 1.89. The molecule has 0 bridgehead atoms. The number of carbonyl (C=O) groups excluding carboxylic acids is 1. The zero-order valence-electron chi connectivity index (χ0n) is 10.7. The molecule has 0 radical (unpaired) electrons. The Labute approximate surface area is 98.6 Å². The number of amides is 1. The van der Waals surface area contributed by atoms with Crippen LogP contribution >= 0.6 is 0 Å². The highest BCUT2D eigenvalue weighted by atomic mass is 16.2. The predicted molar refractivity (Wildman–Crippen MR) is 64.8 cm³/mol. The average molecular weight is 224 g/mol. The average Bonchev–Trinajstić information content (AvgIpc) is 2.76. The van der Waals surface area contributed by atoms with Gasteiger partial charge in [0.1, 0.15) is 0 Å². The fourth-order valence-corrected chi connectivity index (χ4v) is 3.02. The van der Waals surface area contributed by atoms with Gasteiger partial charge in [0.05, 0.1) is 12.7 Å². The van der Waals surface area contributed by atoms with Crippen LogP contribution in [0.15, 0.2) is 0 Å². The van der Waals surface area contributed by atoms with Gasteiger partial charge in [-0.05, 0) is 24.2 Å². The largest absolute Gasteiger partial charge is 0.328 e. The SMILES string of the molecule is CC(C)C1NCN(CC2CCCC2C)C1=O. The van der Waals surface area contributed by atoms with Crippen LogP contribution in [0.5, 0.6) is 0 Å². The van der Waals surface area contributed by atoms with Crippen LogP contribution in [0, 0.1) is 17.8 Å². The summed E-state index contributed by atoms with van der Waals surface area (Å²) in [6, 6.07) is 0.0525. The number of rotatable bonds is 3. The molecule has 2 rings (SSSR count). The molecule has 3 heteroatoms. The number of hydrogen-bond acceptors (Lipinski definition) is 2. The first-order valence-electron chi connectivity index (χ1n) is 6.61. The van der Waals surface area contributed by atoms with Crippen molar-refractivity contribution >= 4 is 5.91 Å². The van der Waals surface area contributed by atoms with E-state index in [4.69, 9.17) is 0 Å². The summed E-state index contributed by atoms with van der Waals surface area (Å²) in [7, 11) is 0. The van der Waals surface area contributed by atoms with Crippen LogP contribution in [0.3, 0.4) is 0 Å². The number of nitrogens with zero attached hydrogens (tertiary/aromatic N) is 1. The summed E-state index contributed by atoms with van der Waals surface area (Å²) in [5.41, 5.74) is 0. The molecule has 0 aromatic rings. The van der Waals surface area contributed by atoms with Crippen LogP contribution in [0.1, 0.15) is 40.0 Å². The van der Waals surface area contributed by atoms with Gasteiger partial charge in [-0.2, -0.15) is 0 Å². The number of nitrogens with one attached hydrogen (secondary N) is 1. The van der Waals surface area contributed by atoms with E-state index >= 15 is 0 Å². The summed E-state index contributed by atoms with van der Waals surface area (Å²) in [5.74, 6) is 2.25. The molecule has 1 aliphatic carbocycles. The van der Waals surface area contributed by atoms with Crippen molar-refractivity contribution in [3.63, 3.8) is 0 Å². The van der Waals surface area contributed by atoms with Crippen molar-refractivity contribution in [1.29, 1.82) is 0 Å². The van der Waals surface area contributed by atoms with Crippen LogP contribution in [-0.4, -0.2) is 30.1 Å². The van der Waals surface area contributed by atoms with Gasteiger partial charge < -0.3 is 4.90 Å². The molecule has 1 amide bonds. The Morgan fingerprint density at radius 2 is 2.19 bits per heavy atom. The third kappa shape index (κ3) is 2.24. The number of carbonyl (C=O) groups is 1. The van der Waals surface area contributed by atoms with Crippen LogP contribution in [0.4, 0.5) is 0 Å². The van der Waals surface area contributed by atoms with Gasteiger partial charge in [-0.25, -0.2) is 0 Å². The quantitative estimate of drug-likeness (QED) is 0.793. The first-order valence-corrected chi connectivity index (χ1v) is 6.61. The molecule has 2 aliphatic rings. The normalized spacial score (nSPS) is 35.4. The molecule has 0 spiro atoms. The molecule has 0 aromatic carbocycles. The maximum Gasteiger partial charge on any atom is 0.241 e. The summed E-state index contributed by atoms with van der Waals surface area (Å²) in [5, 5.41) is 3.32. The van der Waals surface area contributed by atoms with E-state index in [0.29, 0.717) is 11.8 Å². The number of hydrogen-bond donors (Lipinski definition) is 1. The molecule has 1 heterocycles. The molecule has 3 unspecified atom stereocenters. The monoisotopic (exact) mass is 224 g/mol. The smallest absolute Gasteiger partial charge is 0.241 e. The molecule has 3 atom stereocenters. The Morgan fingerprint density at radius 3 is 2.69 bits per heavy atom. The van der Waals surface area contributed by atoms with E-state index in [2.05, 4.69) is 26.1 Å². The fourth-order valence-electron chi connectivity index (χ4n) is 3.02. The summed E-state index contributed by atoms with van der Waals surface area (Å²) in [6.45, 7) is 8.27. The van der Waals surface area contributed by atoms with Crippen molar-refractivity contribution in [3.05, 3.63) is 0 Å². The van der Waals surface area contributed by atoms with E-state index in [0.717, 1.165) is 25.0 Å². The molecule has 0 aromatic heterocycles. The molecule has 1 saturated heterocycles. The zero-order chi connectivity index (χ0) is 11.7. The maximum absolute atomic E-state index is 12.1. The molecule has 1 aliphatic heterocycles. The van der Waals surface area contributed by atoms with Crippen molar-refractivity contribution in [2.75, 3.05) is 13.2 Å². The van der Waals surface area contributed by atoms with Crippen molar-refractivity contribution in [2.24, 2.45) is 17.8 Å². The Hall–Kier alpha value is -0.570. The Bertz CT molecular complexity index is 265. The first kappa shape index (κ1) is 11.9. The molecule has 16 heavy (non-hydrogen) atoms. The lowest BCUT2D eigenvalue weighted by atomic mass is 9.97. The van der Waals surface area contributed by atoms with E-state index in [1.54, 1.807) is 0 Å². The molecule has 3 nitrogen and oxygen atoms in total. The highest BCUT2D eigenvalue weighted by Crippen LogP contribution is 2.32. The molecular formula is C13H24N2O. The minimum atomic E-state index is 0.0525. The molecule has 92 valence electrons. The second-order valence-corrected chi connectivity index (χ2v) is 5.81. The standard InChI is InChI=1S/C13H24N2O/c1-9(2)12-13(16)15(8-14-12)7-11-6-4-5-10(11)3/h9-12,14H,4-8H2,1-3H3. The first-order chi connectivity index (χ1) is 7.59. The van der Waals surface area contributed by atoms with Gasteiger partial charge in [0, 0.05) is 6.54 Å². The minimum Gasteiger partial charge on any atom is -0.328 e. The lowest BCUT2D eigenvalue weighted by Gasteiger charge is -2.23. The Kier molecular flexibility index (Phi) is 3.53. The summed E-state index contributed by atoms with van der Waals surface area (Å²) >= 11 is 0. The van der Waals surface area contributed by atoms with Gasteiger partial charge in [0.25, 0.3) is 0 Å². The second-order valence-electron chi connectivity index (χ2n) is 5.81. The maximum atomic E-state index is 12.1. The van der Waals surface area contributed by atoms with E-state index in [-0.39, 0.29) is 6.04 Å². The fraction of sp³-hybridized carbons (Fsp3) is 0.923. The third-order valence-electron chi connectivity index (χ3n) is 4.24. The van der Waals surface area contributed by atoms with Crippen LogP contribution < -0.4 is 5.32 Å². The molecule has 2 fully saturated rings. The van der Waals surface area contributed by atoms with E-state index in [1.165, 1.54) is 19.3 Å². The van der Waals surface area contributed by atoms with E-state index in [9.17, 15) is 4.79 Å². The van der Waals surface area contributed by atoms with Gasteiger partial charge >= 0.3 is 0 Å². The van der Waals surface area contributed by atoms with Gasteiger partial charge in [-0.3, -0.25) is 10.1 Å².